The topological polar surface area (TPSA) is 38.8 Å². The molecule has 0 fully saturated rings. The first-order chi connectivity index (χ1) is 12.5. The van der Waals surface area contributed by atoms with Crippen molar-refractivity contribution in [1.82, 2.24) is 4.90 Å². The molecule has 0 spiro atoms. The number of rotatable bonds is 2. The smallest absolute Gasteiger partial charge is 0.231 e. The van der Waals surface area contributed by atoms with Crippen LogP contribution in [-0.4, -0.2) is 23.5 Å². The molecule has 2 aromatic carbocycles. The van der Waals surface area contributed by atoms with E-state index >= 15 is 0 Å². The number of nitrogens with zero attached hydrogens (tertiary/aromatic N) is 1. The Balaban J connectivity index is 1.75. The maximum Gasteiger partial charge on any atom is 0.231 e. The average molecular weight is 374 g/mol. The molecule has 2 aromatic rings. The molecule has 2 aliphatic rings. The number of ketones is 1. The highest BCUT2D eigenvalue weighted by molar-refractivity contribution is 6.32. The molecule has 4 rings (SSSR count). The summed E-state index contributed by atoms with van der Waals surface area (Å²) in [5.41, 5.74) is 1.43. The summed E-state index contributed by atoms with van der Waals surface area (Å²) >= 11 is 6.06. The number of carbonyl (C=O) groups is 1. The van der Waals surface area contributed by atoms with Gasteiger partial charge in [-0.1, -0.05) is 17.7 Å². The summed E-state index contributed by atoms with van der Waals surface area (Å²) in [4.78, 5) is 14.8. The van der Waals surface area contributed by atoms with Crippen LogP contribution >= 0.6 is 11.6 Å². The van der Waals surface area contributed by atoms with Crippen LogP contribution in [0.1, 0.15) is 35.3 Å². The van der Waals surface area contributed by atoms with Crippen LogP contribution in [0.5, 0.6) is 11.5 Å². The molecule has 0 radical (unpaired) electrons. The van der Waals surface area contributed by atoms with Gasteiger partial charge in [0.2, 0.25) is 5.78 Å². The van der Waals surface area contributed by atoms with Gasteiger partial charge in [0.25, 0.3) is 0 Å². The third-order valence-corrected chi connectivity index (χ3v) is 4.98. The second-order valence-electron chi connectivity index (χ2n) is 6.61. The third kappa shape index (κ3) is 2.77. The van der Waals surface area contributed by atoms with Crippen LogP contribution in [0.4, 0.5) is 4.39 Å². The van der Waals surface area contributed by atoms with Gasteiger partial charge in [-0.25, -0.2) is 4.39 Å². The van der Waals surface area contributed by atoms with Gasteiger partial charge in [-0.15, -0.1) is 0 Å². The Labute approximate surface area is 155 Å². The van der Waals surface area contributed by atoms with Crippen molar-refractivity contribution in [3.63, 3.8) is 0 Å². The zero-order valence-corrected chi connectivity index (χ0v) is 15.1. The van der Waals surface area contributed by atoms with Crippen molar-refractivity contribution in [3.05, 3.63) is 63.6 Å². The van der Waals surface area contributed by atoms with E-state index in [1.54, 1.807) is 18.2 Å². The van der Waals surface area contributed by atoms with Crippen LogP contribution in [0.25, 0.3) is 6.08 Å². The van der Waals surface area contributed by atoms with E-state index in [-0.39, 0.29) is 22.1 Å². The largest absolute Gasteiger partial charge is 0.478 e. The maximum absolute atomic E-state index is 14.1. The SMILES string of the molecule is CC(C)N1COc2ccc3c(c2C1)O/C(=C\c1c(F)cccc1Cl)C3=O. The molecule has 0 saturated carbocycles. The predicted molar refractivity (Wildman–Crippen MR) is 97.0 cm³/mol. The third-order valence-electron chi connectivity index (χ3n) is 4.65. The molecule has 26 heavy (non-hydrogen) atoms. The minimum absolute atomic E-state index is 0.0575. The van der Waals surface area contributed by atoms with Crippen molar-refractivity contribution >= 4 is 23.5 Å². The lowest BCUT2D eigenvalue weighted by atomic mass is 10.0. The highest BCUT2D eigenvalue weighted by Gasteiger charge is 2.34. The molecule has 0 amide bonds. The molecule has 4 nitrogen and oxygen atoms in total. The zero-order chi connectivity index (χ0) is 18.4. The summed E-state index contributed by atoms with van der Waals surface area (Å²) in [6.07, 6.45) is 1.36. The molecule has 0 saturated heterocycles. The van der Waals surface area contributed by atoms with E-state index in [0.29, 0.717) is 36.4 Å². The lowest BCUT2D eigenvalue weighted by molar-refractivity contribution is 0.0674. The molecule has 2 aliphatic heterocycles. The van der Waals surface area contributed by atoms with E-state index in [4.69, 9.17) is 21.1 Å². The number of allylic oxidation sites excluding steroid dienone is 1. The van der Waals surface area contributed by atoms with Crippen LogP contribution in [-0.2, 0) is 6.54 Å². The minimum atomic E-state index is -0.506. The average Bonchev–Trinajstić information content (AvgIpc) is 2.94. The van der Waals surface area contributed by atoms with Gasteiger partial charge in [0, 0.05) is 18.2 Å². The zero-order valence-electron chi connectivity index (χ0n) is 14.4. The molecule has 0 aromatic heterocycles. The van der Waals surface area contributed by atoms with E-state index in [0.717, 1.165) is 5.56 Å². The number of halogens is 2. The van der Waals surface area contributed by atoms with E-state index in [1.165, 1.54) is 18.2 Å². The van der Waals surface area contributed by atoms with Gasteiger partial charge in [0.15, 0.2) is 5.76 Å². The van der Waals surface area contributed by atoms with Crippen molar-refractivity contribution in [3.8, 4) is 11.5 Å². The fourth-order valence-corrected chi connectivity index (χ4v) is 3.30. The summed E-state index contributed by atoms with van der Waals surface area (Å²) in [6.45, 7) is 5.27. The van der Waals surface area contributed by atoms with Crippen molar-refractivity contribution in [2.45, 2.75) is 26.4 Å². The van der Waals surface area contributed by atoms with Gasteiger partial charge in [-0.2, -0.15) is 0 Å². The van der Waals surface area contributed by atoms with Crippen molar-refractivity contribution in [1.29, 1.82) is 0 Å². The normalized spacial score (nSPS) is 17.9. The second kappa shape index (κ2) is 6.41. The molecule has 6 heteroatoms. The maximum atomic E-state index is 14.1. The lowest BCUT2D eigenvalue weighted by Crippen LogP contribution is -2.37. The van der Waals surface area contributed by atoms with Crippen LogP contribution in [0.3, 0.4) is 0 Å². The van der Waals surface area contributed by atoms with Gasteiger partial charge in [-0.05, 0) is 44.2 Å². The van der Waals surface area contributed by atoms with Crippen LogP contribution < -0.4 is 9.47 Å². The van der Waals surface area contributed by atoms with Gasteiger partial charge in [0.05, 0.1) is 16.1 Å². The number of carbonyl (C=O) groups excluding carboxylic acids is 1. The van der Waals surface area contributed by atoms with Crippen molar-refractivity contribution in [2.75, 3.05) is 6.73 Å². The molecular weight excluding hydrogens is 357 g/mol. The fraction of sp³-hybridized carbons (Fsp3) is 0.250. The van der Waals surface area contributed by atoms with E-state index in [2.05, 4.69) is 18.7 Å². The molecule has 0 N–H and O–H groups in total. The van der Waals surface area contributed by atoms with Crippen LogP contribution in [0.2, 0.25) is 5.02 Å². The Morgan fingerprint density at radius 2 is 2.08 bits per heavy atom. The first-order valence-electron chi connectivity index (χ1n) is 8.36. The molecule has 0 bridgehead atoms. The fourth-order valence-electron chi connectivity index (χ4n) is 3.09. The number of benzene rings is 2. The Morgan fingerprint density at radius 3 is 2.81 bits per heavy atom. The molecule has 134 valence electrons. The first-order valence-corrected chi connectivity index (χ1v) is 8.74. The molecule has 0 atom stereocenters. The van der Waals surface area contributed by atoms with Gasteiger partial charge >= 0.3 is 0 Å². The Kier molecular flexibility index (Phi) is 4.21. The van der Waals surface area contributed by atoms with Crippen LogP contribution in [0.15, 0.2) is 36.1 Å². The van der Waals surface area contributed by atoms with Gasteiger partial charge in [0.1, 0.15) is 24.0 Å². The summed E-state index contributed by atoms with van der Waals surface area (Å²) < 4.78 is 25.7. The van der Waals surface area contributed by atoms with Crippen molar-refractivity contribution in [2.24, 2.45) is 0 Å². The van der Waals surface area contributed by atoms with E-state index in [1.807, 2.05) is 0 Å². The van der Waals surface area contributed by atoms with Crippen LogP contribution in [0, 0.1) is 5.82 Å². The Morgan fingerprint density at radius 1 is 1.27 bits per heavy atom. The highest BCUT2D eigenvalue weighted by atomic mass is 35.5. The quantitative estimate of drug-likeness (QED) is 0.718. The molecule has 2 heterocycles. The number of fused-ring (bicyclic) bond motifs is 3. The monoisotopic (exact) mass is 373 g/mol. The minimum Gasteiger partial charge on any atom is -0.478 e. The van der Waals surface area contributed by atoms with E-state index < -0.39 is 5.82 Å². The molecule has 0 unspecified atom stereocenters. The Hall–Kier alpha value is -2.37. The van der Waals surface area contributed by atoms with Gasteiger partial charge < -0.3 is 9.47 Å². The summed E-state index contributed by atoms with van der Waals surface area (Å²) in [5.74, 6) is 0.453. The lowest BCUT2D eigenvalue weighted by Gasteiger charge is -2.32. The summed E-state index contributed by atoms with van der Waals surface area (Å²) in [5, 5.41) is 0.223. The number of hydrogen-bond donors (Lipinski definition) is 0. The molecule has 0 aliphatic carbocycles. The number of hydrogen-bond acceptors (Lipinski definition) is 4. The standard InChI is InChI=1S/C20H17ClFNO3/c1-11(2)23-9-14-17(25-10-23)7-6-12-19(24)18(26-20(12)14)8-13-15(21)4-3-5-16(13)22/h3-8,11H,9-10H2,1-2H3/b18-8-. The number of Topliss-reactive ketones (excluding diaryl/α,β-unsaturated/α-hetero) is 1. The summed E-state index contributed by atoms with van der Waals surface area (Å²) in [7, 11) is 0. The number of ether oxygens (including phenoxy) is 2. The van der Waals surface area contributed by atoms with E-state index in [9.17, 15) is 9.18 Å². The highest BCUT2D eigenvalue weighted by Crippen LogP contribution is 2.42. The van der Waals surface area contributed by atoms with Crippen molar-refractivity contribution < 1.29 is 18.7 Å². The second-order valence-corrected chi connectivity index (χ2v) is 7.02. The molecular formula is C20H17ClFNO3. The van der Waals surface area contributed by atoms with Gasteiger partial charge in [-0.3, -0.25) is 9.69 Å². The Bertz CT molecular complexity index is 919. The predicted octanol–water partition coefficient (Wildman–Crippen LogP) is 4.66. The first kappa shape index (κ1) is 17.1. The summed E-state index contributed by atoms with van der Waals surface area (Å²) in [6, 6.07) is 8.14.